The van der Waals surface area contributed by atoms with Gasteiger partial charge in [-0.1, -0.05) is 105 Å². The second-order valence-electron chi connectivity index (χ2n) is 7.06. The molecular formula is C25H26O2. The van der Waals surface area contributed by atoms with Crippen molar-refractivity contribution < 1.29 is 9.53 Å². The largest absolute Gasteiger partial charge is 0.361 e. The molecule has 0 unspecified atom stereocenters. The van der Waals surface area contributed by atoms with Crippen molar-refractivity contribution in [3.8, 4) is 0 Å². The van der Waals surface area contributed by atoms with Crippen LogP contribution in [0.1, 0.15) is 30.5 Å². The fourth-order valence-corrected chi connectivity index (χ4v) is 3.31. The van der Waals surface area contributed by atoms with Crippen molar-refractivity contribution in [2.45, 2.75) is 19.4 Å². The Bertz CT molecular complexity index is 731. The quantitative estimate of drug-likeness (QED) is 0.394. The Labute approximate surface area is 161 Å². The van der Waals surface area contributed by atoms with E-state index in [1.165, 1.54) is 0 Å². The molecule has 0 saturated heterocycles. The lowest BCUT2D eigenvalue weighted by molar-refractivity contribution is -0.113. The molecule has 0 aliphatic heterocycles. The van der Waals surface area contributed by atoms with E-state index in [9.17, 15) is 4.79 Å². The summed E-state index contributed by atoms with van der Waals surface area (Å²) in [7, 11) is 0. The Morgan fingerprint density at radius 3 is 1.44 bits per heavy atom. The molecule has 0 aliphatic rings. The van der Waals surface area contributed by atoms with E-state index in [2.05, 4.69) is 43.3 Å². The number of rotatable bonds is 8. The van der Waals surface area contributed by atoms with Crippen LogP contribution in [0, 0.1) is 11.8 Å². The molecule has 0 heterocycles. The van der Waals surface area contributed by atoms with E-state index >= 15 is 0 Å². The van der Waals surface area contributed by atoms with Gasteiger partial charge in [0.05, 0.1) is 6.61 Å². The van der Waals surface area contributed by atoms with E-state index in [0.717, 1.165) is 23.0 Å². The monoisotopic (exact) mass is 358 g/mol. The molecule has 2 nitrogen and oxygen atoms in total. The molecule has 0 spiro atoms. The zero-order valence-corrected chi connectivity index (χ0v) is 15.9. The molecule has 0 aliphatic carbocycles. The molecule has 0 aromatic heterocycles. The van der Waals surface area contributed by atoms with Crippen molar-refractivity contribution >= 4 is 6.29 Å². The maximum atomic E-state index is 11.2. The summed E-state index contributed by atoms with van der Waals surface area (Å²) in [5.41, 5.74) is 2.51. The molecule has 27 heavy (non-hydrogen) atoms. The summed E-state index contributed by atoms with van der Waals surface area (Å²) in [6.45, 7) is 4.49. The first-order chi connectivity index (χ1) is 13.2. The molecule has 3 aromatic carbocycles. The molecule has 0 fully saturated rings. The summed E-state index contributed by atoms with van der Waals surface area (Å²) in [6.07, 6.45) is 1.00. The molecule has 0 amide bonds. The minimum atomic E-state index is -0.722. The number of aldehydes is 1. The highest BCUT2D eigenvalue weighted by Crippen LogP contribution is 2.40. The predicted molar refractivity (Wildman–Crippen MR) is 110 cm³/mol. The van der Waals surface area contributed by atoms with Gasteiger partial charge in [0.25, 0.3) is 0 Å². The molecule has 0 radical (unpaired) electrons. The van der Waals surface area contributed by atoms with Crippen molar-refractivity contribution in [3.63, 3.8) is 0 Å². The van der Waals surface area contributed by atoms with Crippen molar-refractivity contribution in [1.29, 1.82) is 0 Å². The van der Waals surface area contributed by atoms with Crippen LogP contribution in [0.15, 0.2) is 91.0 Å². The lowest BCUT2D eigenvalue weighted by Crippen LogP contribution is -2.35. The van der Waals surface area contributed by atoms with Crippen LogP contribution in [0.3, 0.4) is 0 Å². The average molecular weight is 358 g/mol. The zero-order chi connectivity index (χ0) is 19.1. The third kappa shape index (κ3) is 4.01. The van der Waals surface area contributed by atoms with Gasteiger partial charge >= 0.3 is 0 Å². The minimum Gasteiger partial charge on any atom is -0.361 e. The first-order valence-corrected chi connectivity index (χ1v) is 9.44. The Morgan fingerprint density at radius 1 is 0.741 bits per heavy atom. The van der Waals surface area contributed by atoms with Gasteiger partial charge in [-0.15, -0.1) is 0 Å². The van der Waals surface area contributed by atoms with Crippen LogP contribution in [0.5, 0.6) is 0 Å². The summed E-state index contributed by atoms with van der Waals surface area (Å²) in [5.74, 6) is 0.0723. The van der Waals surface area contributed by atoms with Gasteiger partial charge in [-0.05, 0) is 22.6 Å². The minimum absolute atomic E-state index is 0.0509. The van der Waals surface area contributed by atoms with Crippen molar-refractivity contribution in [3.05, 3.63) is 108 Å². The van der Waals surface area contributed by atoms with Gasteiger partial charge in [-0.25, -0.2) is 0 Å². The van der Waals surface area contributed by atoms with E-state index in [0.29, 0.717) is 6.61 Å². The van der Waals surface area contributed by atoms with E-state index < -0.39 is 5.60 Å². The second kappa shape index (κ2) is 8.79. The molecule has 3 aromatic rings. The van der Waals surface area contributed by atoms with Gasteiger partial charge in [-0.3, -0.25) is 0 Å². The number of hydrogen-bond donors (Lipinski definition) is 0. The number of carbonyl (C=O) groups excluding carboxylic acids is 1. The van der Waals surface area contributed by atoms with Crippen LogP contribution in [-0.4, -0.2) is 12.9 Å². The van der Waals surface area contributed by atoms with E-state index in [4.69, 9.17) is 4.74 Å². The van der Waals surface area contributed by atoms with Gasteiger partial charge in [0.1, 0.15) is 11.9 Å². The van der Waals surface area contributed by atoms with Crippen LogP contribution < -0.4 is 0 Å². The molecule has 138 valence electrons. The van der Waals surface area contributed by atoms with Gasteiger partial charge in [0.15, 0.2) is 0 Å². The first kappa shape index (κ1) is 19.1. The standard InChI is InChI=1S/C25H26O2/c1-20(18-26)21(2)19-27-25(22-12-6-3-7-13-22,23-14-8-4-9-15-23)24-16-10-5-11-17-24/h3-18,20-21H,19H2,1-2H3/t20-,21-/m0/s1. The third-order valence-electron chi connectivity index (χ3n) is 5.22. The lowest BCUT2D eigenvalue weighted by atomic mass is 9.80. The maximum Gasteiger partial charge on any atom is 0.143 e. The fraction of sp³-hybridized carbons (Fsp3) is 0.240. The van der Waals surface area contributed by atoms with Crippen LogP contribution in [-0.2, 0) is 15.1 Å². The van der Waals surface area contributed by atoms with Gasteiger partial charge < -0.3 is 9.53 Å². The Balaban J connectivity index is 2.15. The number of benzene rings is 3. The summed E-state index contributed by atoms with van der Waals surface area (Å²) in [4.78, 5) is 11.2. The predicted octanol–water partition coefficient (Wildman–Crippen LogP) is 5.47. The number of carbonyl (C=O) groups is 1. The molecule has 0 saturated carbocycles. The SMILES string of the molecule is C[C@@H](C=O)[C@@H](C)COC(c1ccccc1)(c1ccccc1)c1ccccc1. The molecule has 3 rings (SSSR count). The highest BCUT2D eigenvalue weighted by Gasteiger charge is 2.38. The third-order valence-corrected chi connectivity index (χ3v) is 5.22. The highest BCUT2D eigenvalue weighted by atomic mass is 16.5. The van der Waals surface area contributed by atoms with Gasteiger partial charge in [-0.2, -0.15) is 0 Å². The van der Waals surface area contributed by atoms with Crippen molar-refractivity contribution in [1.82, 2.24) is 0 Å². The van der Waals surface area contributed by atoms with Crippen molar-refractivity contribution in [2.24, 2.45) is 11.8 Å². The van der Waals surface area contributed by atoms with Crippen LogP contribution in [0.25, 0.3) is 0 Å². The number of ether oxygens (including phenoxy) is 1. The smallest absolute Gasteiger partial charge is 0.143 e. The molecule has 2 heteroatoms. The Hall–Kier alpha value is -2.71. The van der Waals surface area contributed by atoms with Crippen LogP contribution in [0.2, 0.25) is 0 Å². The van der Waals surface area contributed by atoms with Gasteiger partial charge in [0, 0.05) is 5.92 Å². The van der Waals surface area contributed by atoms with Crippen LogP contribution >= 0.6 is 0 Å². The lowest BCUT2D eigenvalue weighted by Gasteiger charge is -2.37. The molecule has 2 atom stereocenters. The van der Waals surface area contributed by atoms with E-state index in [1.807, 2.05) is 61.5 Å². The summed E-state index contributed by atoms with van der Waals surface area (Å²) in [5, 5.41) is 0. The Morgan fingerprint density at radius 2 is 1.11 bits per heavy atom. The molecule has 0 N–H and O–H groups in total. The second-order valence-corrected chi connectivity index (χ2v) is 7.06. The maximum absolute atomic E-state index is 11.2. The van der Waals surface area contributed by atoms with E-state index in [1.54, 1.807) is 0 Å². The first-order valence-electron chi connectivity index (χ1n) is 9.44. The summed E-state index contributed by atoms with van der Waals surface area (Å²) in [6, 6.07) is 30.9. The molecule has 0 bridgehead atoms. The zero-order valence-electron chi connectivity index (χ0n) is 15.9. The molecular weight excluding hydrogens is 332 g/mol. The normalized spacial score (nSPS) is 13.7. The van der Waals surface area contributed by atoms with Crippen LogP contribution in [0.4, 0.5) is 0 Å². The highest BCUT2D eigenvalue weighted by molar-refractivity contribution is 5.53. The Kier molecular flexibility index (Phi) is 6.20. The summed E-state index contributed by atoms with van der Waals surface area (Å²) < 4.78 is 6.71. The topological polar surface area (TPSA) is 26.3 Å². The van der Waals surface area contributed by atoms with Crippen molar-refractivity contribution in [2.75, 3.05) is 6.61 Å². The number of hydrogen-bond acceptors (Lipinski definition) is 2. The average Bonchev–Trinajstić information content (AvgIpc) is 2.75. The van der Waals surface area contributed by atoms with Gasteiger partial charge in [0.2, 0.25) is 0 Å². The fourth-order valence-electron chi connectivity index (χ4n) is 3.31. The summed E-state index contributed by atoms with van der Waals surface area (Å²) >= 11 is 0. The van der Waals surface area contributed by atoms with E-state index in [-0.39, 0.29) is 11.8 Å².